The van der Waals surface area contributed by atoms with Crippen LogP contribution in [0.4, 0.5) is 5.82 Å². The van der Waals surface area contributed by atoms with Gasteiger partial charge in [0.15, 0.2) is 11.5 Å². The zero-order chi connectivity index (χ0) is 18.2. The Morgan fingerprint density at radius 1 is 1.15 bits per heavy atom. The van der Waals surface area contributed by atoms with Gasteiger partial charge < -0.3 is 10.6 Å². The van der Waals surface area contributed by atoms with Gasteiger partial charge in [-0.25, -0.2) is 9.97 Å². The third kappa shape index (κ3) is 2.91. The van der Waals surface area contributed by atoms with Crippen LogP contribution in [0.5, 0.6) is 0 Å². The number of benzene rings is 1. The first-order chi connectivity index (χ1) is 13.3. The number of aryl methyl sites for hydroxylation is 1. The SMILES string of the molecule is Cn1ncc2c(NCC3CCNCC3)nc(-c3cccc4[nH]ncc34)nc21. The molecule has 1 aliphatic rings. The van der Waals surface area contributed by atoms with Crippen LogP contribution in [0.3, 0.4) is 0 Å². The standard InChI is InChI=1S/C19H22N8/c1-27-19-15(11-23-27)17(21-9-12-5-7-20-8-6-12)24-18(25-19)13-3-2-4-16-14(13)10-22-26-16/h2-4,10-12,20H,5-9H2,1H3,(H,22,26)(H,21,24,25). The van der Waals surface area contributed by atoms with Gasteiger partial charge in [0.25, 0.3) is 0 Å². The van der Waals surface area contributed by atoms with Crippen molar-refractivity contribution in [2.45, 2.75) is 12.8 Å². The molecule has 0 saturated carbocycles. The second-order valence-corrected chi connectivity index (χ2v) is 7.11. The van der Waals surface area contributed by atoms with Gasteiger partial charge >= 0.3 is 0 Å². The largest absolute Gasteiger partial charge is 0.369 e. The summed E-state index contributed by atoms with van der Waals surface area (Å²) in [5, 5.41) is 20.5. The Morgan fingerprint density at radius 2 is 2.04 bits per heavy atom. The van der Waals surface area contributed by atoms with Gasteiger partial charge in [0, 0.05) is 24.5 Å². The highest BCUT2D eigenvalue weighted by Gasteiger charge is 2.17. The maximum Gasteiger partial charge on any atom is 0.164 e. The van der Waals surface area contributed by atoms with Gasteiger partial charge in [0.1, 0.15) is 5.82 Å². The molecule has 0 bridgehead atoms. The Kier molecular flexibility index (Phi) is 3.97. The number of anilines is 1. The maximum atomic E-state index is 4.87. The van der Waals surface area contributed by atoms with Crippen molar-refractivity contribution in [3.05, 3.63) is 30.6 Å². The minimum Gasteiger partial charge on any atom is -0.369 e. The summed E-state index contributed by atoms with van der Waals surface area (Å²) in [4.78, 5) is 9.65. The first-order valence-corrected chi connectivity index (χ1v) is 9.36. The van der Waals surface area contributed by atoms with E-state index in [2.05, 4.69) is 25.9 Å². The molecule has 1 aliphatic heterocycles. The number of hydrogen-bond acceptors (Lipinski definition) is 6. The highest BCUT2D eigenvalue weighted by Crippen LogP contribution is 2.29. The van der Waals surface area contributed by atoms with Crippen molar-refractivity contribution in [2.24, 2.45) is 13.0 Å². The zero-order valence-electron chi connectivity index (χ0n) is 15.2. The summed E-state index contributed by atoms with van der Waals surface area (Å²) in [6.45, 7) is 3.09. The molecule has 4 aromatic rings. The molecule has 3 N–H and O–H groups in total. The van der Waals surface area contributed by atoms with E-state index in [1.165, 1.54) is 12.8 Å². The average molecular weight is 362 g/mol. The lowest BCUT2D eigenvalue weighted by Crippen LogP contribution is -2.31. The van der Waals surface area contributed by atoms with Gasteiger partial charge in [0.05, 0.1) is 23.3 Å². The Morgan fingerprint density at radius 3 is 2.93 bits per heavy atom. The summed E-state index contributed by atoms with van der Waals surface area (Å²) in [7, 11) is 1.91. The molecule has 1 fully saturated rings. The summed E-state index contributed by atoms with van der Waals surface area (Å²) in [5.41, 5.74) is 2.77. The molecule has 1 saturated heterocycles. The van der Waals surface area contributed by atoms with E-state index in [-0.39, 0.29) is 0 Å². The van der Waals surface area contributed by atoms with Crippen molar-refractivity contribution in [3.63, 3.8) is 0 Å². The van der Waals surface area contributed by atoms with Gasteiger partial charge in [0.2, 0.25) is 0 Å². The molecule has 8 heteroatoms. The van der Waals surface area contributed by atoms with Crippen LogP contribution in [-0.4, -0.2) is 49.6 Å². The van der Waals surface area contributed by atoms with Crippen molar-refractivity contribution in [1.82, 2.24) is 35.3 Å². The number of H-pyrrole nitrogens is 1. The molecule has 27 heavy (non-hydrogen) atoms. The summed E-state index contributed by atoms with van der Waals surface area (Å²) >= 11 is 0. The minimum atomic E-state index is 0.661. The van der Waals surface area contributed by atoms with Crippen molar-refractivity contribution < 1.29 is 0 Å². The molecule has 0 aliphatic carbocycles. The fourth-order valence-electron chi connectivity index (χ4n) is 3.77. The second kappa shape index (κ2) is 6.62. The van der Waals surface area contributed by atoms with Crippen LogP contribution in [0.25, 0.3) is 33.3 Å². The molecule has 138 valence electrons. The van der Waals surface area contributed by atoms with Gasteiger partial charge in [-0.15, -0.1) is 0 Å². The molecular weight excluding hydrogens is 340 g/mol. The predicted molar refractivity (Wildman–Crippen MR) is 105 cm³/mol. The number of piperidine rings is 1. The Bertz CT molecular complexity index is 1090. The van der Waals surface area contributed by atoms with Crippen LogP contribution < -0.4 is 10.6 Å². The molecule has 3 aromatic heterocycles. The number of fused-ring (bicyclic) bond motifs is 2. The van der Waals surface area contributed by atoms with Crippen molar-refractivity contribution >= 4 is 27.8 Å². The molecule has 0 spiro atoms. The first kappa shape index (κ1) is 16.2. The third-order valence-electron chi connectivity index (χ3n) is 5.33. The highest BCUT2D eigenvalue weighted by atomic mass is 15.3. The number of nitrogens with one attached hydrogen (secondary N) is 3. The fraction of sp³-hybridized carbons (Fsp3) is 0.368. The molecule has 0 amide bonds. The first-order valence-electron chi connectivity index (χ1n) is 9.36. The number of aromatic nitrogens is 6. The predicted octanol–water partition coefficient (Wildman–Crippen LogP) is 2.32. The van der Waals surface area contributed by atoms with E-state index in [4.69, 9.17) is 9.97 Å². The quantitative estimate of drug-likeness (QED) is 0.516. The average Bonchev–Trinajstić information content (AvgIpc) is 3.34. The van der Waals surface area contributed by atoms with E-state index in [1.54, 1.807) is 4.68 Å². The Balaban J connectivity index is 1.57. The monoisotopic (exact) mass is 362 g/mol. The van der Waals surface area contributed by atoms with E-state index in [0.717, 1.165) is 53.0 Å². The van der Waals surface area contributed by atoms with E-state index >= 15 is 0 Å². The van der Waals surface area contributed by atoms with Crippen LogP contribution in [-0.2, 0) is 7.05 Å². The summed E-state index contributed by atoms with van der Waals surface area (Å²) in [6.07, 6.45) is 6.04. The van der Waals surface area contributed by atoms with Gasteiger partial charge in [-0.05, 0) is 37.9 Å². The van der Waals surface area contributed by atoms with E-state index in [9.17, 15) is 0 Å². The van der Waals surface area contributed by atoms with Gasteiger partial charge in [-0.1, -0.05) is 12.1 Å². The topological polar surface area (TPSA) is 96.3 Å². The molecule has 0 radical (unpaired) electrons. The van der Waals surface area contributed by atoms with E-state index in [0.29, 0.717) is 11.7 Å². The van der Waals surface area contributed by atoms with Crippen LogP contribution in [0.15, 0.2) is 30.6 Å². The Labute approximate surface area is 156 Å². The summed E-state index contributed by atoms with van der Waals surface area (Å²) in [6, 6.07) is 6.03. The minimum absolute atomic E-state index is 0.661. The zero-order valence-corrected chi connectivity index (χ0v) is 15.2. The molecule has 8 nitrogen and oxygen atoms in total. The van der Waals surface area contributed by atoms with Crippen LogP contribution in [0.1, 0.15) is 12.8 Å². The van der Waals surface area contributed by atoms with Crippen LogP contribution >= 0.6 is 0 Å². The number of nitrogens with zero attached hydrogens (tertiary/aromatic N) is 5. The van der Waals surface area contributed by atoms with Crippen molar-refractivity contribution in [1.29, 1.82) is 0 Å². The molecule has 4 heterocycles. The normalized spacial score (nSPS) is 15.6. The molecule has 5 rings (SSSR count). The molecule has 0 unspecified atom stereocenters. The van der Waals surface area contributed by atoms with Crippen LogP contribution in [0.2, 0.25) is 0 Å². The number of aromatic amines is 1. The summed E-state index contributed by atoms with van der Waals surface area (Å²) in [5.74, 6) is 2.20. The summed E-state index contributed by atoms with van der Waals surface area (Å²) < 4.78 is 1.80. The smallest absolute Gasteiger partial charge is 0.164 e. The fourth-order valence-corrected chi connectivity index (χ4v) is 3.77. The molecule has 0 atom stereocenters. The van der Waals surface area contributed by atoms with Crippen molar-refractivity contribution in [3.8, 4) is 11.4 Å². The van der Waals surface area contributed by atoms with E-state index < -0.39 is 0 Å². The third-order valence-corrected chi connectivity index (χ3v) is 5.33. The van der Waals surface area contributed by atoms with Gasteiger partial charge in [-0.3, -0.25) is 9.78 Å². The highest BCUT2D eigenvalue weighted by molar-refractivity contribution is 5.95. The van der Waals surface area contributed by atoms with Gasteiger partial charge in [-0.2, -0.15) is 10.2 Å². The van der Waals surface area contributed by atoms with Crippen molar-refractivity contribution in [2.75, 3.05) is 25.0 Å². The molecule has 1 aromatic carbocycles. The maximum absolute atomic E-state index is 4.87. The Hall–Kier alpha value is -3.00. The lowest BCUT2D eigenvalue weighted by Gasteiger charge is -2.23. The molecular formula is C19H22N8. The lowest BCUT2D eigenvalue weighted by molar-refractivity contribution is 0.389. The number of rotatable bonds is 4. The number of hydrogen-bond donors (Lipinski definition) is 3. The van der Waals surface area contributed by atoms with Crippen LogP contribution in [0, 0.1) is 5.92 Å². The second-order valence-electron chi connectivity index (χ2n) is 7.11. The lowest BCUT2D eigenvalue weighted by atomic mass is 9.98. The van der Waals surface area contributed by atoms with E-state index in [1.807, 2.05) is 37.6 Å².